The van der Waals surface area contributed by atoms with Crippen molar-refractivity contribution in [3.05, 3.63) is 36.5 Å². The van der Waals surface area contributed by atoms with Crippen LogP contribution < -0.4 is 4.74 Å². The summed E-state index contributed by atoms with van der Waals surface area (Å²) in [5.41, 5.74) is 0.234. The molecule has 0 aliphatic heterocycles. The Bertz CT molecular complexity index is 489. The van der Waals surface area contributed by atoms with Crippen LogP contribution in [0.2, 0.25) is 0 Å². The smallest absolute Gasteiger partial charge is 0.146 e. The lowest BCUT2D eigenvalue weighted by molar-refractivity contribution is 0.0424. The van der Waals surface area contributed by atoms with Gasteiger partial charge in [-0.15, -0.1) is 0 Å². The van der Waals surface area contributed by atoms with Gasteiger partial charge in [-0.1, -0.05) is 18.2 Å². The van der Waals surface area contributed by atoms with Gasteiger partial charge in [0.15, 0.2) is 0 Å². The van der Waals surface area contributed by atoms with E-state index < -0.39 is 5.60 Å². The van der Waals surface area contributed by atoms with Crippen LogP contribution in [-0.2, 0) is 0 Å². The topological polar surface area (TPSA) is 42.4 Å². The highest BCUT2D eigenvalue weighted by Crippen LogP contribution is 2.26. The van der Waals surface area contributed by atoms with Crippen LogP contribution in [0.5, 0.6) is 5.75 Å². The van der Waals surface area contributed by atoms with E-state index in [2.05, 4.69) is 4.98 Å². The van der Waals surface area contributed by atoms with E-state index in [1.54, 1.807) is 6.20 Å². The Kier molecular flexibility index (Phi) is 2.79. The van der Waals surface area contributed by atoms with Crippen LogP contribution in [0.1, 0.15) is 13.8 Å². The van der Waals surface area contributed by atoms with Crippen LogP contribution in [0.15, 0.2) is 36.5 Å². The summed E-state index contributed by atoms with van der Waals surface area (Å²) in [4.78, 5) is 4.29. The summed E-state index contributed by atoms with van der Waals surface area (Å²) in [6.45, 7) is 3.65. The number of aromatic nitrogens is 1. The maximum absolute atomic E-state index is 9.18. The first kappa shape index (κ1) is 10.9. The zero-order valence-electron chi connectivity index (χ0n) is 9.47. The molecule has 2 aromatic rings. The van der Waals surface area contributed by atoms with Gasteiger partial charge in [0.1, 0.15) is 16.9 Å². The Morgan fingerprint density at radius 1 is 1.25 bits per heavy atom. The fourth-order valence-corrected chi connectivity index (χ4v) is 1.49. The molecule has 0 aliphatic rings. The number of benzene rings is 1. The minimum atomic E-state index is -0.591. The van der Waals surface area contributed by atoms with Gasteiger partial charge in [-0.3, -0.25) is 4.98 Å². The zero-order chi connectivity index (χ0) is 11.6. The molecular formula is C13H15NO2. The number of fused-ring (bicyclic) bond motifs is 1. The van der Waals surface area contributed by atoms with E-state index in [4.69, 9.17) is 4.74 Å². The lowest BCUT2D eigenvalue weighted by atomic mass is 10.1. The minimum absolute atomic E-state index is 0.0315. The summed E-state index contributed by atoms with van der Waals surface area (Å²) >= 11 is 0. The number of aliphatic hydroxyl groups is 1. The van der Waals surface area contributed by atoms with Crippen LogP contribution in [0.25, 0.3) is 10.9 Å². The van der Waals surface area contributed by atoms with Gasteiger partial charge in [-0.2, -0.15) is 0 Å². The van der Waals surface area contributed by atoms with Gasteiger partial charge in [0.2, 0.25) is 0 Å². The Morgan fingerprint density at radius 3 is 2.75 bits per heavy atom. The summed E-state index contributed by atoms with van der Waals surface area (Å²) in [6.07, 6.45) is 1.74. The molecule has 1 heterocycles. The van der Waals surface area contributed by atoms with Crippen molar-refractivity contribution < 1.29 is 9.84 Å². The van der Waals surface area contributed by atoms with Crippen LogP contribution >= 0.6 is 0 Å². The molecule has 1 N–H and O–H groups in total. The largest absolute Gasteiger partial charge is 0.483 e. The van der Waals surface area contributed by atoms with Crippen LogP contribution in [0, 0.1) is 0 Å². The highest BCUT2D eigenvalue weighted by atomic mass is 16.5. The normalized spacial score (nSPS) is 11.7. The van der Waals surface area contributed by atoms with E-state index in [1.165, 1.54) is 0 Å². The second-order valence-electron chi connectivity index (χ2n) is 4.35. The van der Waals surface area contributed by atoms with E-state index in [1.807, 2.05) is 44.2 Å². The van der Waals surface area contributed by atoms with Crippen molar-refractivity contribution >= 4 is 10.9 Å². The van der Waals surface area contributed by atoms with E-state index in [9.17, 15) is 5.11 Å². The molecule has 0 bridgehead atoms. The summed E-state index contributed by atoms with van der Waals surface area (Å²) < 4.78 is 5.75. The number of para-hydroxylation sites is 1. The molecule has 1 aromatic heterocycles. The number of ether oxygens (including phenoxy) is 1. The third-order valence-electron chi connectivity index (χ3n) is 2.36. The molecule has 2 rings (SSSR count). The molecule has 0 aliphatic carbocycles. The maximum atomic E-state index is 9.18. The molecule has 0 amide bonds. The Labute approximate surface area is 94.7 Å². The molecule has 0 spiro atoms. The Morgan fingerprint density at radius 2 is 2.00 bits per heavy atom. The average Bonchev–Trinajstić information content (AvgIpc) is 2.29. The van der Waals surface area contributed by atoms with Crippen LogP contribution in [0.4, 0.5) is 0 Å². The lowest BCUT2D eigenvalue weighted by Gasteiger charge is -2.24. The quantitative estimate of drug-likeness (QED) is 0.858. The first-order chi connectivity index (χ1) is 7.62. The molecule has 3 nitrogen and oxygen atoms in total. The fraction of sp³-hybridized carbons (Fsp3) is 0.308. The second kappa shape index (κ2) is 4.10. The fourth-order valence-electron chi connectivity index (χ4n) is 1.49. The zero-order valence-corrected chi connectivity index (χ0v) is 9.47. The molecule has 84 valence electrons. The third-order valence-corrected chi connectivity index (χ3v) is 2.36. The Hall–Kier alpha value is -1.61. The number of rotatable bonds is 3. The first-order valence-corrected chi connectivity index (χ1v) is 5.26. The predicted octanol–water partition coefficient (Wildman–Crippen LogP) is 2.38. The van der Waals surface area contributed by atoms with E-state index in [0.29, 0.717) is 5.75 Å². The van der Waals surface area contributed by atoms with Crippen molar-refractivity contribution in [2.45, 2.75) is 19.4 Å². The average molecular weight is 217 g/mol. The summed E-state index contributed by atoms with van der Waals surface area (Å²) in [6, 6.07) is 9.66. The van der Waals surface area contributed by atoms with Crippen molar-refractivity contribution in [1.29, 1.82) is 0 Å². The number of hydrogen-bond acceptors (Lipinski definition) is 3. The predicted molar refractivity (Wildman–Crippen MR) is 63.5 cm³/mol. The molecule has 16 heavy (non-hydrogen) atoms. The minimum Gasteiger partial charge on any atom is -0.483 e. The van der Waals surface area contributed by atoms with Gasteiger partial charge >= 0.3 is 0 Å². The molecule has 0 saturated heterocycles. The Balaban J connectivity index is 2.45. The van der Waals surface area contributed by atoms with Crippen molar-refractivity contribution in [3.63, 3.8) is 0 Å². The first-order valence-electron chi connectivity index (χ1n) is 5.26. The molecule has 0 unspecified atom stereocenters. The van der Waals surface area contributed by atoms with Gasteiger partial charge in [-0.25, -0.2) is 0 Å². The van der Waals surface area contributed by atoms with E-state index in [-0.39, 0.29) is 6.61 Å². The van der Waals surface area contributed by atoms with Crippen LogP contribution in [0.3, 0.4) is 0 Å². The number of hydrogen-bond donors (Lipinski definition) is 1. The number of aliphatic hydroxyl groups excluding tert-OH is 1. The van der Waals surface area contributed by atoms with Gasteiger partial charge in [0, 0.05) is 11.6 Å². The van der Waals surface area contributed by atoms with Gasteiger partial charge in [-0.05, 0) is 26.0 Å². The van der Waals surface area contributed by atoms with Crippen molar-refractivity contribution in [2.24, 2.45) is 0 Å². The third kappa shape index (κ3) is 2.14. The van der Waals surface area contributed by atoms with Crippen molar-refractivity contribution in [1.82, 2.24) is 4.98 Å². The molecule has 1 aromatic carbocycles. The molecule has 0 radical (unpaired) electrons. The van der Waals surface area contributed by atoms with E-state index in [0.717, 1.165) is 10.9 Å². The lowest BCUT2D eigenvalue weighted by Crippen LogP contribution is -2.32. The highest BCUT2D eigenvalue weighted by Gasteiger charge is 2.19. The standard InChI is InChI=1S/C13H15NO2/c1-13(2,9-15)16-11-7-3-5-10-6-4-8-14-12(10)11/h3-8,15H,9H2,1-2H3. The van der Waals surface area contributed by atoms with Gasteiger partial charge in [0.05, 0.1) is 6.61 Å². The number of nitrogens with zero attached hydrogens (tertiary/aromatic N) is 1. The molecule has 0 fully saturated rings. The molecule has 0 saturated carbocycles. The van der Waals surface area contributed by atoms with Crippen LogP contribution in [-0.4, -0.2) is 22.3 Å². The summed E-state index contributed by atoms with van der Waals surface area (Å²) in [5.74, 6) is 0.706. The monoisotopic (exact) mass is 217 g/mol. The molecule has 3 heteroatoms. The second-order valence-corrected chi connectivity index (χ2v) is 4.35. The van der Waals surface area contributed by atoms with Crippen molar-refractivity contribution in [3.8, 4) is 5.75 Å². The maximum Gasteiger partial charge on any atom is 0.146 e. The SMILES string of the molecule is CC(C)(CO)Oc1cccc2cccnc12. The molecule has 0 atom stereocenters. The highest BCUT2D eigenvalue weighted by molar-refractivity contribution is 5.84. The summed E-state index contributed by atoms with van der Waals surface area (Å²) in [5, 5.41) is 10.2. The molecular weight excluding hydrogens is 202 g/mol. The van der Waals surface area contributed by atoms with Gasteiger partial charge in [0.25, 0.3) is 0 Å². The van der Waals surface area contributed by atoms with Gasteiger partial charge < -0.3 is 9.84 Å². The van der Waals surface area contributed by atoms with E-state index >= 15 is 0 Å². The van der Waals surface area contributed by atoms with Crippen molar-refractivity contribution in [2.75, 3.05) is 6.61 Å². The summed E-state index contributed by atoms with van der Waals surface area (Å²) in [7, 11) is 0. The number of pyridine rings is 1.